The zero-order chi connectivity index (χ0) is 21.5. The Morgan fingerprint density at radius 3 is 2.61 bits per heavy atom. The summed E-state index contributed by atoms with van der Waals surface area (Å²) in [5, 5.41) is 0. The van der Waals surface area contributed by atoms with Crippen molar-refractivity contribution in [1.29, 1.82) is 0 Å². The summed E-state index contributed by atoms with van der Waals surface area (Å²) >= 11 is 0. The lowest BCUT2D eigenvalue weighted by molar-refractivity contribution is 0.0716. The predicted molar refractivity (Wildman–Crippen MR) is 118 cm³/mol. The van der Waals surface area contributed by atoms with Crippen molar-refractivity contribution in [3.63, 3.8) is 0 Å². The van der Waals surface area contributed by atoms with Gasteiger partial charge in [-0.05, 0) is 79.3 Å². The summed E-state index contributed by atoms with van der Waals surface area (Å²) in [7, 11) is 0. The van der Waals surface area contributed by atoms with E-state index in [4.69, 9.17) is 9.40 Å². The highest BCUT2D eigenvalue weighted by atomic mass is 19.1. The Bertz CT molecular complexity index is 1290. The molecule has 1 aromatic heterocycles. The molecule has 0 radical (unpaired) electrons. The smallest absolute Gasteiger partial charge is 0.254 e. The Hall–Kier alpha value is -3.47. The number of oxazole rings is 1. The molecule has 1 fully saturated rings. The average Bonchev–Trinajstić information content (AvgIpc) is 3.41. The molecule has 0 unspecified atom stereocenters. The minimum absolute atomic E-state index is 0.0188. The van der Waals surface area contributed by atoms with Crippen LogP contribution in [0, 0.1) is 19.7 Å². The van der Waals surface area contributed by atoms with Gasteiger partial charge >= 0.3 is 0 Å². The normalized spacial score (nSPS) is 16.2. The van der Waals surface area contributed by atoms with Crippen molar-refractivity contribution in [1.82, 2.24) is 9.88 Å². The van der Waals surface area contributed by atoms with Gasteiger partial charge in [0.25, 0.3) is 5.91 Å². The zero-order valence-corrected chi connectivity index (χ0v) is 17.6. The molecule has 0 bridgehead atoms. The van der Waals surface area contributed by atoms with E-state index in [-0.39, 0.29) is 17.8 Å². The van der Waals surface area contributed by atoms with Crippen molar-refractivity contribution in [3.05, 3.63) is 89.1 Å². The minimum atomic E-state index is -0.215. The molecule has 1 atom stereocenters. The van der Waals surface area contributed by atoms with Gasteiger partial charge in [0.1, 0.15) is 17.4 Å². The number of hydrogen-bond donors (Lipinski definition) is 0. The third-order valence-electron chi connectivity index (χ3n) is 6.07. The number of fused-ring (bicyclic) bond motifs is 1. The van der Waals surface area contributed by atoms with Gasteiger partial charge in [0.05, 0.1) is 0 Å². The number of aromatic nitrogens is 1. The molecule has 0 spiro atoms. The van der Waals surface area contributed by atoms with Crippen LogP contribution in [0.4, 0.5) is 4.39 Å². The number of benzene rings is 3. The maximum absolute atomic E-state index is 13.6. The summed E-state index contributed by atoms with van der Waals surface area (Å²) in [5.41, 5.74) is 5.61. The molecule has 4 aromatic rings. The number of nitrogens with zero attached hydrogens (tertiary/aromatic N) is 2. The fourth-order valence-electron chi connectivity index (χ4n) is 4.33. The van der Waals surface area contributed by atoms with Crippen LogP contribution in [0.25, 0.3) is 22.2 Å². The van der Waals surface area contributed by atoms with Crippen LogP contribution < -0.4 is 0 Å². The van der Waals surface area contributed by atoms with Gasteiger partial charge in [0.15, 0.2) is 5.58 Å². The zero-order valence-electron chi connectivity index (χ0n) is 17.6. The first-order valence-electron chi connectivity index (χ1n) is 10.5. The van der Waals surface area contributed by atoms with Crippen molar-refractivity contribution in [3.8, 4) is 11.1 Å². The van der Waals surface area contributed by atoms with Gasteiger partial charge in [-0.3, -0.25) is 4.79 Å². The first-order chi connectivity index (χ1) is 15.0. The topological polar surface area (TPSA) is 46.3 Å². The highest BCUT2D eigenvalue weighted by Gasteiger charge is 2.34. The second kappa shape index (κ2) is 7.65. The molecule has 1 aliphatic rings. The summed E-state index contributed by atoms with van der Waals surface area (Å²) in [6.45, 7) is 4.40. The molecule has 5 rings (SSSR count). The van der Waals surface area contributed by atoms with E-state index < -0.39 is 0 Å². The number of rotatable bonds is 3. The fraction of sp³-hybridized carbons (Fsp3) is 0.231. The number of carbonyl (C=O) groups excluding carboxylic acids is 1. The fourth-order valence-corrected chi connectivity index (χ4v) is 4.33. The minimum Gasteiger partial charge on any atom is -0.438 e. The van der Waals surface area contributed by atoms with Crippen LogP contribution in [0.3, 0.4) is 0 Å². The number of aryl methyl sites for hydroxylation is 2. The largest absolute Gasteiger partial charge is 0.438 e. The highest BCUT2D eigenvalue weighted by Crippen LogP contribution is 2.35. The van der Waals surface area contributed by atoms with Crippen LogP contribution in [-0.4, -0.2) is 22.3 Å². The Labute approximate surface area is 180 Å². The maximum atomic E-state index is 13.6. The van der Waals surface area contributed by atoms with E-state index in [1.54, 1.807) is 13.0 Å². The van der Waals surface area contributed by atoms with E-state index in [9.17, 15) is 9.18 Å². The molecule has 0 N–H and O–H groups in total. The second-order valence-corrected chi connectivity index (χ2v) is 8.17. The third kappa shape index (κ3) is 3.50. The van der Waals surface area contributed by atoms with Gasteiger partial charge < -0.3 is 9.32 Å². The van der Waals surface area contributed by atoms with Crippen molar-refractivity contribution >= 4 is 17.0 Å². The van der Waals surface area contributed by atoms with Gasteiger partial charge in [-0.15, -0.1) is 0 Å². The number of carbonyl (C=O) groups is 1. The molecule has 1 saturated heterocycles. The molecular weight excluding hydrogens is 391 g/mol. The number of amides is 1. The monoisotopic (exact) mass is 414 g/mol. The summed E-state index contributed by atoms with van der Waals surface area (Å²) in [6, 6.07) is 18.4. The number of likely N-dealkylation sites (tertiary alicyclic amines) is 1. The Kier molecular flexibility index (Phi) is 4.81. The molecule has 1 aliphatic heterocycles. The Morgan fingerprint density at radius 1 is 1.03 bits per heavy atom. The lowest BCUT2D eigenvalue weighted by atomic mass is 10.0. The van der Waals surface area contributed by atoms with Crippen LogP contribution in [0.5, 0.6) is 0 Å². The lowest BCUT2D eigenvalue weighted by Crippen LogP contribution is -2.31. The van der Waals surface area contributed by atoms with Crippen LogP contribution in [0.2, 0.25) is 0 Å². The third-order valence-corrected chi connectivity index (χ3v) is 6.07. The summed E-state index contributed by atoms with van der Waals surface area (Å²) in [5.74, 6) is 0.375. The summed E-state index contributed by atoms with van der Waals surface area (Å²) in [4.78, 5) is 19.8. The van der Waals surface area contributed by atoms with E-state index in [2.05, 4.69) is 0 Å². The molecule has 31 heavy (non-hydrogen) atoms. The van der Waals surface area contributed by atoms with Gasteiger partial charge in [-0.2, -0.15) is 0 Å². The van der Waals surface area contributed by atoms with Crippen molar-refractivity contribution < 1.29 is 13.6 Å². The number of hydrogen-bond acceptors (Lipinski definition) is 3. The Balaban J connectivity index is 1.47. The molecule has 1 amide bonds. The molecule has 0 saturated carbocycles. The molecule has 4 nitrogen and oxygen atoms in total. The van der Waals surface area contributed by atoms with Gasteiger partial charge in [0.2, 0.25) is 5.89 Å². The molecule has 5 heteroatoms. The van der Waals surface area contributed by atoms with Crippen LogP contribution in [0.1, 0.15) is 46.3 Å². The van der Waals surface area contributed by atoms with Crippen LogP contribution in [-0.2, 0) is 0 Å². The second-order valence-electron chi connectivity index (χ2n) is 8.17. The predicted octanol–water partition coefficient (Wildman–Crippen LogP) is 6.23. The first-order valence-corrected chi connectivity index (χ1v) is 10.5. The molecule has 2 heterocycles. The quantitative estimate of drug-likeness (QED) is 0.399. The summed E-state index contributed by atoms with van der Waals surface area (Å²) in [6.07, 6.45) is 1.75. The highest BCUT2D eigenvalue weighted by molar-refractivity contribution is 5.96. The van der Waals surface area contributed by atoms with E-state index >= 15 is 0 Å². The van der Waals surface area contributed by atoms with E-state index in [1.807, 2.05) is 60.4 Å². The number of halogens is 1. The van der Waals surface area contributed by atoms with Crippen LogP contribution >= 0.6 is 0 Å². The van der Waals surface area contributed by atoms with Gasteiger partial charge in [0, 0.05) is 12.1 Å². The molecular formula is C26H23FN2O2. The van der Waals surface area contributed by atoms with Crippen molar-refractivity contribution in [2.24, 2.45) is 0 Å². The van der Waals surface area contributed by atoms with Crippen LogP contribution in [0.15, 0.2) is 65.1 Å². The first kappa shape index (κ1) is 19.5. The standard InChI is InChI=1S/C26H23FN2O2/c1-16-6-3-4-7-20(16)26(30)29-13-5-8-23(29)25-28-22-15-19(10-12-24(22)31-25)18-9-11-21(27)17(2)14-18/h3-4,6-7,9-12,14-15,23H,5,8,13H2,1-2H3/t23-/m0/s1. The van der Waals surface area contributed by atoms with E-state index in [0.717, 1.165) is 40.6 Å². The van der Waals surface area contributed by atoms with E-state index in [1.165, 1.54) is 6.07 Å². The van der Waals surface area contributed by atoms with Crippen molar-refractivity contribution in [2.45, 2.75) is 32.7 Å². The average molecular weight is 414 g/mol. The lowest BCUT2D eigenvalue weighted by Gasteiger charge is -2.23. The molecule has 0 aliphatic carbocycles. The molecule has 3 aromatic carbocycles. The van der Waals surface area contributed by atoms with Gasteiger partial charge in [-0.25, -0.2) is 9.37 Å². The van der Waals surface area contributed by atoms with Crippen molar-refractivity contribution in [2.75, 3.05) is 6.54 Å². The maximum Gasteiger partial charge on any atom is 0.254 e. The summed E-state index contributed by atoms with van der Waals surface area (Å²) < 4.78 is 19.7. The SMILES string of the molecule is Cc1cc(-c2ccc3oc([C@@H]4CCCN4C(=O)c4ccccc4C)nc3c2)ccc1F. The Morgan fingerprint density at radius 2 is 1.81 bits per heavy atom. The van der Waals surface area contributed by atoms with E-state index in [0.29, 0.717) is 23.6 Å². The van der Waals surface area contributed by atoms with Gasteiger partial charge in [-0.1, -0.05) is 30.3 Å². The molecule has 156 valence electrons.